The van der Waals surface area contributed by atoms with Crippen LogP contribution < -0.4 is 9.47 Å². The normalized spacial score (nSPS) is 15.4. The van der Waals surface area contributed by atoms with Crippen LogP contribution >= 0.6 is 0 Å². The molecular formula is C45H62O13. The molecule has 2 aromatic carbocycles. The lowest BCUT2D eigenvalue weighted by molar-refractivity contribution is -0.145. The highest BCUT2D eigenvalue weighted by atomic mass is 16.6. The van der Waals surface area contributed by atoms with E-state index in [0.29, 0.717) is 93.4 Å². The highest BCUT2D eigenvalue weighted by Gasteiger charge is 2.38. The number of hydrogen-bond donors (Lipinski definition) is 3. The summed E-state index contributed by atoms with van der Waals surface area (Å²) in [5.74, 6) is -0.303. The van der Waals surface area contributed by atoms with Gasteiger partial charge in [-0.25, -0.2) is 4.79 Å². The van der Waals surface area contributed by atoms with Gasteiger partial charge < -0.3 is 39.0 Å². The number of benzene rings is 2. The molecule has 2 fully saturated rings. The third kappa shape index (κ3) is 17.5. The van der Waals surface area contributed by atoms with Gasteiger partial charge in [-0.1, -0.05) is 51.5 Å². The number of carbonyl (C=O) groups is 5. The van der Waals surface area contributed by atoms with Crippen LogP contribution in [0, 0.1) is 0 Å². The summed E-state index contributed by atoms with van der Waals surface area (Å²) >= 11 is 0. The zero-order valence-electron chi connectivity index (χ0n) is 33.8. The number of hydrogen-bond acceptors (Lipinski definition) is 13. The molecular weight excluding hydrogens is 748 g/mol. The molecule has 13 nitrogen and oxygen atoms in total. The van der Waals surface area contributed by atoms with Crippen molar-refractivity contribution in [1.82, 2.24) is 0 Å². The highest BCUT2D eigenvalue weighted by molar-refractivity contribution is 6.03. The molecule has 0 atom stereocenters. The van der Waals surface area contributed by atoms with Gasteiger partial charge in [0.15, 0.2) is 11.6 Å². The van der Waals surface area contributed by atoms with Crippen LogP contribution in [0.5, 0.6) is 11.5 Å². The Kier molecular flexibility index (Phi) is 21.8. The molecule has 0 amide bonds. The Morgan fingerprint density at radius 2 is 0.948 bits per heavy atom. The van der Waals surface area contributed by atoms with Crippen molar-refractivity contribution in [2.75, 3.05) is 39.6 Å². The molecule has 0 radical (unpaired) electrons. The molecule has 0 aliphatic heterocycles. The molecule has 0 bridgehead atoms. The summed E-state index contributed by atoms with van der Waals surface area (Å²) in [6.45, 7) is 4.52. The Morgan fingerprint density at radius 1 is 0.534 bits per heavy atom. The average molecular weight is 811 g/mol. The molecule has 58 heavy (non-hydrogen) atoms. The van der Waals surface area contributed by atoms with Crippen LogP contribution in [0.25, 0.3) is 0 Å². The minimum absolute atomic E-state index is 0.135. The van der Waals surface area contributed by atoms with E-state index >= 15 is 0 Å². The predicted molar refractivity (Wildman–Crippen MR) is 216 cm³/mol. The van der Waals surface area contributed by atoms with E-state index in [4.69, 9.17) is 28.8 Å². The molecule has 0 saturated heterocycles. The van der Waals surface area contributed by atoms with Gasteiger partial charge in [0.05, 0.1) is 6.61 Å². The predicted octanol–water partition coefficient (Wildman–Crippen LogP) is 6.82. The molecule has 320 valence electrons. The number of rotatable bonds is 24. The van der Waals surface area contributed by atoms with Crippen molar-refractivity contribution < 1.29 is 63.0 Å². The first-order valence-electron chi connectivity index (χ1n) is 20.7. The Hall–Kier alpha value is -4.59. The number of ether oxygens (including phenoxy) is 5. The van der Waals surface area contributed by atoms with Crippen LogP contribution in [-0.4, -0.2) is 95.6 Å². The molecule has 0 unspecified atom stereocenters. The van der Waals surface area contributed by atoms with E-state index < -0.39 is 17.2 Å². The van der Waals surface area contributed by atoms with Gasteiger partial charge in [0, 0.05) is 36.7 Å². The Morgan fingerprint density at radius 3 is 1.34 bits per heavy atom. The quantitative estimate of drug-likeness (QED) is 0.0330. The second kappa shape index (κ2) is 26.4. The van der Waals surface area contributed by atoms with Gasteiger partial charge in [0.25, 0.3) is 0 Å². The fourth-order valence-electron chi connectivity index (χ4n) is 6.78. The molecule has 13 heteroatoms. The minimum atomic E-state index is -1.25. The van der Waals surface area contributed by atoms with Crippen LogP contribution in [0.1, 0.15) is 136 Å². The maximum atomic E-state index is 12.6. The lowest BCUT2D eigenvalue weighted by Gasteiger charge is -2.30. The van der Waals surface area contributed by atoms with E-state index in [0.717, 1.165) is 57.4 Å². The monoisotopic (exact) mass is 810 g/mol. The molecule has 3 N–H and O–H groups in total. The zero-order chi connectivity index (χ0) is 42.1. The maximum absolute atomic E-state index is 12.6. The third-order valence-electron chi connectivity index (χ3n) is 10.1. The van der Waals surface area contributed by atoms with Crippen molar-refractivity contribution in [3.63, 3.8) is 0 Å². The largest absolute Gasteiger partial charge is 0.490 e. The summed E-state index contributed by atoms with van der Waals surface area (Å²) in [5.41, 5.74) is -1.51. The zero-order valence-corrected chi connectivity index (χ0v) is 33.8. The fraction of sp³-hybridized carbons (Fsp3) is 0.578. The minimum Gasteiger partial charge on any atom is -0.490 e. The van der Waals surface area contributed by atoms with Crippen molar-refractivity contribution in [3.05, 3.63) is 72.3 Å². The number of unbranched alkanes of at least 4 members (excludes halogenated alkanes) is 4. The molecule has 2 aliphatic rings. The number of ketones is 2. The van der Waals surface area contributed by atoms with Crippen molar-refractivity contribution in [1.29, 1.82) is 0 Å². The molecule has 2 aromatic rings. The molecule has 0 spiro atoms. The van der Waals surface area contributed by atoms with E-state index in [1.807, 2.05) is 0 Å². The lowest BCUT2D eigenvalue weighted by Crippen LogP contribution is -2.40. The van der Waals surface area contributed by atoms with Crippen LogP contribution in [0.4, 0.5) is 0 Å². The summed E-state index contributed by atoms with van der Waals surface area (Å²) in [4.78, 5) is 59.2. The van der Waals surface area contributed by atoms with E-state index in [-0.39, 0.29) is 56.5 Å². The van der Waals surface area contributed by atoms with E-state index in [1.165, 1.54) is 0 Å². The van der Waals surface area contributed by atoms with E-state index in [1.54, 1.807) is 48.5 Å². The van der Waals surface area contributed by atoms with Gasteiger partial charge in [0.1, 0.15) is 49.1 Å². The number of carbonyl (C=O) groups excluding carboxylic acids is 5. The van der Waals surface area contributed by atoms with Gasteiger partial charge in [-0.05, 0) is 106 Å². The van der Waals surface area contributed by atoms with Crippen LogP contribution in [0.3, 0.4) is 0 Å². The summed E-state index contributed by atoms with van der Waals surface area (Å²) < 4.78 is 26.1. The first kappa shape index (κ1) is 47.8. The molecule has 4 rings (SSSR count). The second-order valence-electron chi connectivity index (χ2n) is 14.7. The SMILES string of the molecule is C=CC(=O)OCCCCCC(=O)OCCOc1ccc(C(=O)C2(O)CCCCC2)cc1.O=C(CCCCCO)OCCOc1ccc(C(=O)C2(O)CCCCC2)cc1. The molecule has 0 heterocycles. The Bertz CT molecular complexity index is 1560. The molecule has 2 aliphatic carbocycles. The van der Waals surface area contributed by atoms with Crippen molar-refractivity contribution in [3.8, 4) is 11.5 Å². The van der Waals surface area contributed by atoms with E-state index in [2.05, 4.69) is 6.58 Å². The van der Waals surface area contributed by atoms with E-state index in [9.17, 15) is 34.2 Å². The Labute approximate surface area is 342 Å². The van der Waals surface area contributed by atoms with Gasteiger partial charge in [0.2, 0.25) is 0 Å². The van der Waals surface area contributed by atoms with Gasteiger partial charge in [-0.15, -0.1) is 0 Å². The topological polar surface area (TPSA) is 192 Å². The Balaban J connectivity index is 0.000000313. The summed E-state index contributed by atoms with van der Waals surface area (Å²) in [6.07, 6.45) is 13.8. The fourth-order valence-corrected chi connectivity index (χ4v) is 6.78. The second-order valence-corrected chi connectivity index (χ2v) is 14.7. The van der Waals surface area contributed by atoms with Gasteiger partial charge >= 0.3 is 17.9 Å². The van der Waals surface area contributed by atoms with Crippen molar-refractivity contribution in [2.45, 2.75) is 127 Å². The maximum Gasteiger partial charge on any atom is 0.330 e. The summed E-state index contributed by atoms with van der Waals surface area (Å²) in [6, 6.07) is 13.4. The average Bonchev–Trinajstić information content (AvgIpc) is 3.24. The lowest BCUT2D eigenvalue weighted by atomic mass is 9.79. The number of esters is 3. The number of aliphatic hydroxyl groups excluding tert-OH is 1. The smallest absolute Gasteiger partial charge is 0.330 e. The van der Waals surface area contributed by atoms with Crippen molar-refractivity contribution in [2.24, 2.45) is 0 Å². The molecule has 0 aromatic heterocycles. The van der Waals surface area contributed by atoms with Crippen molar-refractivity contribution >= 4 is 29.5 Å². The summed E-state index contributed by atoms with van der Waals surface area (Å²) in [7, 11) is 0. The summed E-state index contributed by atoms with van der Waals surface area (Å²) in [5, 5.41) is 29.8. The standard InChI is InChI=1S/C24H32O7.C21H30O6/c1-2-21(25)30-16-8-3-5-9-22(26)31-18-17-29-20-12-10-19(11-13-20)23(27)24(28)14-6-4-7-15-24;22-14-6-1-3-7-19(23)27-16-15-26-18-10-8-17(9-11-18)20(24)21(25)12-4-2-5-13-21/h2,10-13,28H,1,3-9,14-18H2;8-11,22,25H,1-7,12-16H2. The van der Waals surface area contributed by atoms with Crippen LogP contribution in [0.15, 0.2) is 61.2 Å². The first-order valence-corrected chi connectivity index (χ1v) is 20.7. The molecule has 2 saturated carbocycles. The third-order valence-corrected chi connectivity index (χ3v) is 10.1. The van der Waals surface area contributed by atoms with Crippen LogP contribution in [-0.2, 0) is 28.6 Å². The number of aliphatic hydroxyl groups is 3. The highest BCUT2D eigenvalue weighted by Crippen LogP contribution is 2.33. The first-order chi connectivity index (χ1) is 28.0. The van der Waals surface area contributed by atoms with Gasteiger partial charge in [-0.3, -0.25) is 19.2 Å². The van der Waals surface area contributed by atoms with Crippen LogP contribution in [0.2, 0.25) is 0 Å². The number of Topliss-reactive ketones (excluding diaryl/α,β-unsaturated/α-hetero) is 2. The van der Waals surface area contributed by atoms with Gasteiger partial charge in [-0.2, -0.15) is 0 Å².